The minimum absolute atomic E-state index is 0.0326. The number of allylic oxidation sites excluding steroid dienone is 10. The summed E-state index contributed by atoms with van der Waals surface area (Å²) >= 11 is 0. The molecule has 0 saturated carbocycles. The number of carboxylic acids is 1. The maximum Gasteiger partial charge on any atom is 0.335 e. The second-order valence-corrected chi connectivity index (χ2v) is 20.6. The number of esters is 3. The van der Waals surface area contributed by atoms with E-state index in [0.717, 1.165) is 96.3 Å². The van der Waals surface area contributed by atoms with Crippen LogP contribution in [-0.2, 0) is 42.9 Å². The molecule has 1 saturated heterocycles. The number of hydrogen-bond donors (Lipinski definition) is 3. The Hall–Kier alpha value is -3.58. The summed E-state index contributed by atoms with van der Waals surface area (Å²) in [6.07, 6.45) is 50.4. The molecule has 1 heterocycles. The van der Waals surface area contributed by atoms with E-state index in [2.05, 4.69) is 81.5 Å². The Balaban J connectivity index is 2.67. The predicted octanol–water partition coefficient (Wildman–Crippen LogP) is 15.6. The molecule has 12 heteroatoms. The molecule has 6 unspecified atom stereocenters. The lowest BCUT2D eigenvalue weighted by Crippen LogP contribution is -2.61. The van der Waals surface area contributed by atoms with Gasteiger partial charge in [0.1, 0.15) is 18.8 Å². The van der Waals surface area contributed by atoms with Gasteiger partial charge in [-0.05, 0) is 83.5 Å². The Bertz CT molecular complexity index is 1540. The Kier molecular flexibility index (Phi) is 47.4. The van der Waals surface area contributed by atoms with E-state index in [1.165, 1.54) is 109 Å². The van der Waals surface area contributed by atoms with E-state index in [4.69, 9.17) is 23.7 Å². The summed E-state index contributed by atoms with van der Waals surface area (Å²) in [5, 5.41) is 31.5. The van der Waals surface area contributed by atoms with Gasteiger partial charge in [0.05, 0.1) is 6.61 Å². The number of aliphatic hydroxyl groups is 2. The topological polar surface area (TPSA) is 175 Å². The molecule has 1 rings (SSSR count). The highest BCUT2D eigenvalue weighted by molar-refractivity contribution is 5.74. The van der Waals surface area contributed by atoms with Gasteiger partial charge in [-0.15, -0.1) is 0 Å². The molecule has 0 bridgehead atoms. The number of aliphatic hydroxyl groups excluding tert-OH is 2. The third kappa shape index (κ3) is 41.2. The van der Waals surface area contributed by atoms with Crippen LogP contribution < -0.4 is 0 Å². The van der Waals surface area contributed by atoms with E-state index in [-0.39, 0.29) is 25.9 Å². The van der Waals surface area contributed by atoms with Crippen LogP contribution in [-0.4, -0.2) is 89.2 Å². The highest BCUT2D eigenvalue weighted by Crippen LogP contribution is 2.26. The molecular formula is C63H108O12. The van der Waals surface area contributed by atoms with Gasteiger partial charge in [-0.2, -0.15) is 0 Å². The molecule has 1 aliphatic heterocycles. The van der Waals surface area contributed by atoms with Crippen LogP contribution in [0, 0.1) is 0 Å². The molecule has 0 radical (unpaired) electrons. The van der Waals surface area contributed by atoms with Crippen molar-refractivity contribution in [2.24, 2.45) is 0 Å². The highest BCUT2D eigenvalue weighted by atomic mass is 16.7. The van der Waals surface area contributed by atoms with E-state index in [0.29, 0.717) is 19.3 Å². The summed E-state index contributed by atoms with van der Waals surface area (Å²) in [5.74, 6) is -3.14. The van der Waals surface area contributed by atoms with Crippen molar-refractivity contribution < 1.29 is 58.2 Å². The Morgan fingerprint density at radius 1 is 0.453 bits per heavy atom. The van der Waals surface area contributed by atoms with E-state index < -0.39 is 67.3 Å². The predicted molar refractivity (Wildman–Crippen MR) is 303 cm³/mol. The SMILES string of the molecule is CC/C=C\C/C=C\C/C=C\C/C=C\CCCCCCC(=O)OC1C(OCC(COC(=O)CCCCCCCCC/C=C\CCCCCCCC)OC(=O)CCCCCCCCCCCCC)OC(C(=O)O)C(O)C1O. The number of carbonyl (C=O) groups excluding carboxylic acids is 3. The minimum Gasteiger partial charge on any atom is -0.479 e. The van der Waals surface area contributed by atoms with Crippen LogP contribution in [0.15, 0.2) is 60.8 Å². The van der Waals surface area contributed by atoms with Gasteiger partial charge in [0, 0.05) is 19.3 Å². The Labute approximate surface area is 456 Å². The van der Waals surface area contributed by atoms with Crippen LogP contribution in [0.25, 0.3) is 0 Å². The number of carbonyl (C=O) groups is 4. The second-order valence-electron chi connectivity index (χ2n) is 20.6. The third-order valence-electron chi connectivity index (χ3n) is 13.6. The minimum atomic E-state index is -1.91. The van der Waals surface area contributed by atoms with Gasteiger partial charge in [0.25, 0.3) is 0 Å². The van der Waals surface area contributed by atoms with Crippen LogP contribution in [0.4, 0.5) is 0 Å². The monoisotopic (exact) mass is 1060 g/mol. The van der Waals surface area contributed by atoms with E-state index >= 15 is 0 Å². The molecule has 12 nitrogen and oxygen atoms in total. The molecule has 0 aromatic carbocycles. The molecule has 0 spiro atoms. The number of unbranched alkanes of at least 4 members (excludes halogenated alkanes) is 27. The van der Waals surface area contributed by atoms with Crippen molar-refractivity contribution in [3.63, 3.8) is 0 Å². The molecular weight excluding hydrogens is 949 g/mol. The number of rotatable bonds is 51. The van der Waals surface area contributed by atoms with Crippen molar-refractivity contribution in [3.05, 3.63) is 60.8 Å². The van der Waals surface area contributed by atoms with Crippen LogP contribution in [0.5, 0.6) is 0 Å². The Morgan fingerprint density at radius 3 is 1.29 bits per heavy atom. The zero-order valence-electron chi connectivity index (χ0n) is 47.5. The lowest BCUT2D eigenvalue weighted by molar-refractivity contribution is -0.301. The normalized spacial score (nSPS) is 18.5. The van der Waals surface area contributed by atoms with Crippen molar-refractivity contribution >= 4 is 23.9 Å². The highest BCUT2D eigenvalue weighted by Gasteiger charge is 2.50. The van der Waals surface area contributed by atoms with Gasteiger partial charge < -0.3 is 39.0 Å². The molecule has 0 amide bonds. The van der Waals surface area contributed by atoms with Gasteiger partial charge in [0.2, 0.25) is 0 Å². The zero-order valence-corrected chi connectivity index (χ0v) is 47.5. The quantitative estimate of drug-likeness (QED) is 0.0228. The molecule has 3 N–H and O–H groups in total. The molecule has 0 aromatic heterocycles. The molecule has 0 aromatic rings. The fourth-order valence-electron chi connectivity index (χ4n) is 8.94. The van der Waals surface area contributed by atoms with Crippen molar-refractivity contribution in [3.8, 4) is 0 Å². The van der Waals surface area contributed by atoms with Crippen LogP contribution in [0.2, 0.25) is 0 Å². The number of ether oxygens (including phenoxy) is 5. The summed E-state index contributed by atoms with van der Waals surface area (Å²) in [6.45, 7) is 5.87. The van der Waals surface area contributed by atoms with Gasteiger partial charge in [-0.1, -0.05) is 223 Å². The number of carboxylic acid groups (broad SMARTS) is 1. The van der Waals surface area contributed by atoms with Gasteiger partial charge in [-0.25, -0.2) is 4.79 Å². The maximum atomic E-state index is 13.1. The first-order valence-electron chi connectivity index (χ1n) is 30.3. The summed E-state index contributed by atoms with van der Waals surface area (Å²) < 4.78 is 28.4. The number of hydrogen-bond acceptors (Lipinski definition) is 11. The Morgan fingerprint density at radius 2 is 0.840 bits per heavy atom. The zero-order chi connectivity index (χ0) is 54.7. The molecule has 432 valence electrons. The van der Waals surface area contributed by atoms with Gasteiger partial charge in [-0.3, -0.25) is 14.4 Å². The first kappa shape index (κ1) is 69.4. The summed E-state index contributed by atoms with van der Waals surface area (Å²) in [5.41, 5.74) is 0. The molecule has 1 aliphatic rings. The van der Waals surface area contributed by atoms with Gasteiger partial charge >= 0.3 is 23.9 Å². The van der Waals surface area contributed by atoms with Crippen LogP contribution in [0.1, 0.15) is 265 Å². The third-order valence-corrected chi connectivity index (χ3v) is 13.6. The number of aliphatic carboxylic acids is 1. The maximum absolute atomic E-state index is 13.1. The van der Waals surface area contributed by atoms with E-state index in [1.54, 1.807) is 0 Å². The van der Waals surface area contributed by atoms with E-state index in [9.17, 15) is 34.5 Å². The van der Waals surface area contributed by atoms with Gasteiger partial charge in [0.15, 0.2) is 24.6 Å². The van der Waals surface area contributed by atoms with Crippen molar-refractivity contribution in [1.29, 1.82) is 0 Å². The fourth-order valence-corrected chi connectivity index (χ4v) is 8.94. The van der Waals surface area contributed by atoms with E-state index in [1.807, 2.05) is 0 Å². The molecule has 75 heavy (non-hydrogen) atoms. The van der Waals surface area contributed by atoms with Crippen molar-refractivity contribution in [1.82, 2.24) is 0 Å². The molecule has 0 aliphatic carbocycles. The summed E-state index contributed by atoms with van der Waals surface area (Å²) in [6, 6.07) is 0. The summed E-state index contributed by atoms with van der Waals surface area (Å²) in [7, 11) is 0. The fraction of sp³-hybridized carbons (Fsp3) is 0.778. The second kappa shape index (κ2) is 51.2. The van der Waals surface area contributed by atoms with Crippen molar-refractivity contribution in [2.45, 2.75) is 302 Å². The molecule has 1 fully saturated rings. The average Bonchev–Trinajstić information content (AvgIpc) is 3.39. The van der Waals surface area contributed by atoms with Crippen LogP contribution >= 0.6 is 0 Å². The lowest BCUT2D eigenvalue weighted by atomic mass is 9.98. The lowest BCUT2D eigenvalue weighted by Gasteiger charge is -2.40. The first-order chi connectivity index (χ1) is 36.6. The smallest absolute Gasteiger partial charge is 0.335 e. The first-order valence-corrected chi connectivity index (χ1v) is 30.3. The largest absolute Gasteiger partial charge is 0.479 e. The van der Waals surface area contributed by atoms with Crippen LogP contribution in [0.3, 0.4) is 0 Å². The van der Waals surface area contributed by atoms with Crippen molar-refractivity contribution in [2.75, 3.05) is 13.2 Å². The molecule has 6 atom stereocenters. The average molecular weight is 1060 g/mol. The summed E-state index contributed by atoms with van der Waals surface area (Å²) in [4.78, 5) is 51.1. The standard InChI is InChI=1S/C63H108O12/c1-4-7-10-13-16-19-22-24-26-28-30-32-35-37-40-43-46-49-55(64)71-52-54(73-56(65)50-47-44-41-38-34-21-18-15-12-9-6-3)53-72-63-61(59(68)58(67)60(75-63)62(69)70)74-57(66)51-48-45-42-39-36-33-31-29-27-25-23-20-17-14-11-8-5-2/h8,11,17,20,24-27,31,33,54,58-61,63,67-68H,4-7,9-10,12-16,18-19,21-23,28-30,32,34-53H2,1-3H3,(H,69,70)/b11-8-,20-17-,26-24-,27-25-,33-31-.